The maximum absolute atomic E-state index is 12.1. The lowest BCUT2D eigenvalue weighted by Gasteiger charge is -2.04. The first-order valence-corrected chi connectivity index (χ1v) is 7.43. The summed E-state index contributed by atoms with van der Waals surface area (Å²) in [5.74, 6) is -0.310. The number of hydrogen-bond acceptors (Lipinski definition) is 4. The van der Waals surface area contributed by atoms with E-state index in [4.69, 9.17) is 16.4 Å². The maximum Gasteiger partial charge on any atom is 0.271 e. The van der Waals surface area contributed by atoms with E-state index < -0.39 is 0 Å². The van der Waals surface area contributed by atoms with Crippen LogP contribution in [0.5, 0.6) is 0 Å². The van der Waals surface area contributed by atoms with Crippen molar-refractivity contribution in [3.05, 3.63) is 70.7 Å². The molecule has 0 aromatic heterocycles. The van der Waals surface area contributed by atoms with Crippen LogP contribution in [0, 0.1) is 0 Å². The minimum Gasteiger partial charge on any atom is -0.396 e. The fraction of sp³-hybridized carbons (Fsp3) is 0.118. The van der Waals surface area contributed by atoms with Gasteiger partial charge in [-0.3, -0.25) is 4.79 Å². The van der Waals surface area contributed by atoms with E-state index >= 15 is 0 Å². The molecular formula is C17H16ClN3O2. The van der Waals surface area contributed by atoms with E-state index in [1.54, 1.807) is 42.5 Å². The number of halogens is 1. The van der Waals surface area contributed by atoms with Crippen LogP contribution in [-0.2, 0) is 4.84 Å². The molecule has 2 rings (SSSR count). The summed E-state index contributed by atoms with van der Waals surface area (Å²) >= 11 is 5.99. The molecule has 0 radical (unpaired) electrons. The van der Waals surface area contributed by atoms with Gasteiger partial charge in [-0.15, -0.1) is 0 Å². The van der Waals surface area contributed by atoms with Gasteiger partial charge in [0.15, 0.2) is 0 Å². The zero-order valence-corrected chi connectivity index (χ0v) is 13.3. The Morgan fingerprint density at radius 1 is 1.17 bits per heavy atom. The molecule has 2 aromatic rings. The average molecular weight is 330 g/mol. The minimum absolute atomic E-state index is 0.310. The van der Waals surface area contributed by atoms with E-state index in [-0.39, 0.29) is 5.91 Å². The average Bonchev–Trinajstić information content (AvgIpc) is 2.58. The molecule has 0 saturated heterocycles. The second-order valence-corrected chi connectivity index (χ2v) is 4.90. The van der Waals surface area contributed by atoms with Crippen molar-refractivity contribution in [3.8, 4) is 0 Å². The molecule has 0 aliphatic rings. The topological polar surface area (TPSA) is 63.1 Å². The number of nitrogens with zero attached hydrogens (tertiary/aromatic N) is 2. The quantitative estimate of drug-likeness (QED) is 0.651. The second-order valence-electron chi connectivity index (χ2n) is 4.47. The third kappa shape index (κ3) is 5.23. The van der Waals surface area contributed by atoms with Crippen LogP contribution in [0.4, 0.5) is 0 Å². The van der Waals surface area contributed by atoms with Crippen LogP contribution < -0.4 is 5.43 Å². The van der Waals surface area contributed by atoms with Crippen molar-refractivity contribution in [2.24, 2.45) is 10.3 Å². The van der Waals surface area contributed by atoms with Crippen LogP contribution >= 0.6 is 11.6 Å². The Hall–Kier alpha value is -2.66. The monoisotopic (exact) mass is 329 g/mol. The molecule has 0 spiro atoms. The number of hydrazone groups is 1. The number of oxime groups is 1. The first-order valence-electron chi connectivity index (χ1n) is 7.05. The number of carbonyl (C=O) groups is 1. The van der Waals surface area contributed by atoms with Crippen LogP contribution in [0.3, 0.4) is 0 Å². The summed E-state index contributed by atoms with van der Waals surface area (Å²) < 4.78 is 0. The van der Waals surface area contributed by atoms with Gasteiger partial charge in [-0.25, -0.2) is 5.43 Å². The highest BCUT2D eigenvalue weighted by Gasteiger charge is 2.06. The SMILES string of the molecule is CCO/N=C\C(=N/NC(=O)c1ccccc1)c1cccc(Cl)c1. The lowest BCUT2D eigenvalue weighted by atomic mass is 10.1. The summed E-state index contributed by atoms with van der Waals surface area (Å²) in [5, 5.41) is 8.47. The standard InChI is InChI=1S/C17H16ClN3O2/c1-2-23-19-12-16(14-9-6-10-15(18)11-14)20-21-17(22)13-7-4-3-5-8-13/h3-12H,2H2,1H3,(H,21,22)/b19-12-,20-16+. The van der Waals surface area contributed by atoms with E-state index in [0.29, 0.717) is 28.5 Å². The molecule has 0 saturated carbocycles. The zero-order valence-electron chi connectivity index (χ0n) is 12.6. The number of benzene rings is 2. The van der Waals surface area contributed by atoms with Gasteiger partial charge in [0, 0.05) is 16.1 Å². The van der Waals surface area contributed by atoms with Gasteiger partial charge in [0.2, 0.25) is 0 Å². The molecule has 0 aliphatic carbocycles. The molecule has 23 heavy (non-hydrogen) atoms. The lowest BCUT2D eigenvalue weighted by Crippen LogP contribution is -2.20. The number of hydrogen-bond donors (Lipinski definition) is 1. The lowest BCUT2D eigenvalue weighted by molar-refractivity contribution is 0.0955. The molecular weight excluding hydrogens is 314 g/mol. The van der Waals surface area contributed by atoms with Gasteiger partial charge in [0.05, 0.1) is 6.21 Å². The van der Waals surface area contributed by atoms with Gasteiger partial charge in [0.25, 0.3) is 5.91 Å². The Morgan fingerprint density at radius 2 is 1.91 bits per heavy atom. The van der Waals surface area contributed by atoms with E-state index in [1.807, 2.05) is 19.1 Å². The molecule has 6 heteroatoms. The highest BCUT2D eigenvalue weighted by molar-refractivity contribution is 6.39. The molecule has 0 unspecified atom stereocenters. The molecule has 5 nitrogen and oxygen atoms in total. The van der Waals surface area contributed by atoms with Gasteiger partial charge in [-0.1, -0.05) is 47.1 Å². The van der Waals surface area contributed by atoms with Crippen LogP contribution in [0.2, 0.25) is 5.02 Å². The summed E-state index contributed by atoms with van der Waals surface area (Å²) in [6, 6.07) is 15.9. The van der Waals surface area contributed by atoms with Crippen molar-refractivity contribution in [1.29, 1.82) is 0 Å². The van der Waals surface area contributed by atoms with Crippen LogP contribution in [0.25, 0.3) is 0 Å². The third-order valence-corrected chi connectivity index (χ3v) is 3.05. The third-order valence-electron chi connectivity index (χ3n) is 2.81. The number of rotatable bonds is 6. The summed E-state index contributed by atoms with van der Waals surface area (Å²) in [6.07, 6.45) is 1.43. The Morgan fingerprint density at radius 3 is 2.61 bits per heavy atom. The van der Waals surface area contributed by atoms with Crippen molar-refractivity contribution in [2.75, 3.05) is 6.61 Å². The van der Waals surface area contributed by atoms with Crippen molar-refractivity contribution >= 4 is 29.4 Å². The molecule has 0 fully saturated rings. The van der Waals surface area contributed by atoms with E-state index in [9.17, 15) is 4.79 Å². The Labute approximate surface area is 139 Å². The first-order chi connectivity index (χ1) is 11.2. The van der Waals surface area contributed by atoms with Crippen molar-refractivity contribution in [1.82, 2.24) is 5.43 Å². The molecule has 118 valence electrons. The molecule has 0 bridgehead atoms. The molecule has 1 amide bonds. The van der Waals surface area contributed by atoms with Crippen LogP contribution in [0.1, 0.15) is 22.8 Å². The highest BCUT2D eigenvalue weighted by atomic mass is 35.5. The van der Waals surface area contributed by atoms with Crippen molar-refractivity contribution in [3.63, 3.8) is 0 Å². The number of carbonyl (C=O) groups excluding carboxylic acids is 1. The smallest absolute Gasteiger partial charge is 0.271 e. The number of nitrogens with one attached hydrogen (secondary N) is 1. The van der Waals surface area contributed by atoms with Crippen molar-refractivity contribution < 1.29 is 9.63 Å². The van der Waals surface area contributed by atoms with Gasteiger partial charge in [-0.2, -0.15) is 5.10 Å². The maximum atomic E-state index is 12.1. The molecule has 0 atom stereocenters. The Kier molecular flexibility index (Phi) is 6.32. The predicted molar refractivity (Wildman–Crippen MR) is 92.0 cm³/mol. The molecule has 0 heterocycles. The largest absolute Gasteiger partial charge is 0.396 e. The van der Waals surface area contributed by atoms with E-state index in [0.717, 1.165) is 0 Å². The summed E-state index contributed by atoms with van der Waals surface area (Å²) in [5.41, 5.74) is 4.17. The van der Waals surface area contributed by atoms with Gasteiger partial charge in [-0.05, 0) is 31.2 Å². The van der Waals surface area contributed by atoms with Gasteiger partial charge < -0.3 is 4.84 Å². The summed E-state index contributed by atoms with van der Waals surface area (Å²) in [4.78, 5) is 17.0. The highest BCUT2D eigenvalue weighted by Crippen LogP contribution is 2.11. The first kappa shape index (κ1) is 16.7. The van der Waals surface area contributed by atoms with Crippen molar-refractivity contribution in [2.45, 2.75) is 6.92 Å². The van der Waals surface area contributed by atoms with Crippen LogP contribution in [-0.4, -0.2) is 24.4 Å². The Bertz CT molecular complexity index is 715. The van der Waals surface area contributed by atoms with Gasteiger partial charge >= 0.3 is 0 Å². The molecule has 1 N–H and O–H groups in total. The zero-order chi connectivity index (χ0) is 16.5. The Balaban J connectivity index is 2.21. The fourth-order valence-corrected chi connectivity index (χ4v) is 1.93. The van der Waals surface area contributed by atoms with Gasteiger partial charge in [0.1, 0.15) is 12.3 Å². The predicted octanol–water partition coefficient (Wildman–Crippen LogP) is 3.50. The molecule has 0 aliphatic heterocycles. The van der Waals surface area contributed by atoms with E-state index in [1.165, 1.54) is 6.21 Å². The fourth-order valence-electron chi connectivity index (χ4n) is 1.74. The molecule has 2 aromatic carbocycles. The summed E-state index contributed by atoms with van der Waals surface area (Å²) in [6.45, 7) is 2.26. The van der Waals surface area contributed by atoms with Crippen LogP contribution in [0.15, 0.2) is 64.9 Å². The summed E-state index contributed by atoms with van der Waals surface area (Å²) in [7, 11) is 0. The second kappa shape index (κ2) is 8.70. The normalized spacial score (nSPS) is 11.5. The number of amides is 1. The minimum atomic E-state index is -0.310. The van der Waals surface area contributed by atoms with E-state index in [2.05, 4.69) is 15.7 Å².